The molecule has 16 heteroatoms. The highest BCUT2D eigenvalue weighted by atomic mass is 35.5. The summed E-state index contributed by atoms with van der Waals surface area (Å²) >= 11 is 36.9. The van der Waals surface area contributed by atoms with Crippen LogP contribution >= 0.6 is 82.0 Å². The Bertz CT molecular complexity index is 1430. The van der Waals surface area contributed by atoms with Gasteiger partial charge in [0.25, 0.3) is 5.96 Å². The zero-order valence-electron chi connectivity index (χ0n) is 21.4. The number of nitrogens with zero attached hydrogens (tertiary/aromatic N) is 4. The summed E-state index contributed by atoms with van der Waals surface area (Å²) in [4.78, 5) is 0. The molecule has 0 aliphatic heterocycles. The predicted molar refractivity (Wildman–Crippen MR) is 173 cm³/mol. The SMILES string of the molecule is COc1c(Cl)cc(Cl)cc1C=NN=C(NN=Cc1cc(Cl)cc(Cl)c1OC)NN=Cc1cc(Cl)cc(Cl)c1OC.Cl. The molecule has 0 amide bonds. The first kappa shape index (κ1) is 34.6. The second-order valence-corrected chi connectivity index (χ2v) is 9.99. The highest BCUT2D eigenvalue weighted by Crippen LogP contribution is 2.33. The van der Waals surface area contributed by atoms with Crippen LogP contribution in [0.2, 0.25) is 30.1 Å². The van der Waals surface area contributed by atoms with Crippen molar-refractivity contribution in [2.75, 3.05) is 21.3 Å². The molecule has 0 spiro atoms. The molecule has 3 rings (SSSR count). The number of hydrogen-bond acceptors (Lipinski definition) is 7. The molecule has 0 aliphatic carbocycles. The molecule has 0 saturated heterocycles. The molecule has 0 unspecified atom stereocenters. The Labute approximate surface area is 272 Å². The van der Waals surface area contributed by atoms with Crippen LogP contribution in [-0.2, 0) is 0 Å². The van der Waals surface area contributed by atoms with E-state index in [4.69, 9.17) is 83.8 Å². The minimum Gasteiger partial charge on any atom is -0.495 e. The zero-order valence-corrected chi connectivity index (χ0v) is 26.7. The van der Waals surface area contributed by atoms with Crippen molar-refractivity contribution >= 4 is 107 Å². The fraction of sp³-hybridized carbons (Fsp3) is 0.120. The van der Waals surface area contributed by atoms with Gasteiger partial charge >= 0.3 is 0 Å². The third kappa shape index (κ3) is 9.72. The number of hydrogen-bond donors (Lipinski definition) is 2. The van der Waals surface area contributed by atoms with E-state index in [0.717, 1.165) is 0 Å². The van der Waals surface area contributed by atoms with E-state index < -0.39 is 0 Å². The standard InChI is InChI=1S/C25H20Cl6N6O3.ClH/c1-38-22-13(4-16(26)7-19(22)29)10-32-35-25(36-33-11-14-5-17(27)8-20(30)23(14)39-2)37-34-12-15-6-18(28)9-21(31)24(15)40-3;/h4-12H,1-3H3,(H2,35,36,37);1H. The molecular formula is C25H21Cl7N6O3. The molecule has 3 aromatic rings. The van der Waals surface area contributed by atoms with Crippen LogP contribution in [0.15, 0.2) is 56.8 Å². The molecule has 0 aliphatic rings. The monoisotopic (exact) mass is 698 g/mol. The summed E-state index contributed by atoms with van der Waals surface area (Å²) in [5.74, 6) is 1.15. The number of hydrazone groups is 2. The van der Waals surface area contributed by atoms with Crippen LogP contribution < -0.4 is 25.1 Å². The second-order valence-electron chi connectivity index (χ2n) is 7.46. The van der Waals surface area contributed by atoms with Crippen molar-refractivity contribution in [3.63, 3.8) is 0 Å². The molecule has 0 heterocycles. The van der Waals surface area contributed by atoms with Gasteiger partial charge in [0, 0.05) is 31.8 Å². The lowest BCUT2D eigenvalue weighted by atomic mass is 10.2. The van der Waals surface area contributed by atoms with E-state index in [0.29, 0.717) is 64.1 Å². The molecule has 2 N–H and O–H groups in total. The number of benzene rings is 3. The van der Waals surface area contributed by atoms with Gasteiger partial charge in [0.1, 0.15) is 17.2 Å². The van der Waals surface area contributed by atoms with Gasteiger partial charge in [-0.2, -0.15) is 15.3 Å². The Morgan fingerprint density at radius 2 is 0.927 bits per heavy atom. The van der Waals surface area contributed by atoms with Crippen molar-refractivity contribution in [2.24, 2.45) is 20.4 Å². The largest absolute Gasteiger partial charge is 0.495 e. The van der Waals surface area contributed by atoms with Crippen molar-refractivity contribution in [2.45, 2.75) is 0 Å². The fourth-order valence-electron chi connectivity index (χ4n) is 3.22. The topological polar surface area (TPSA) is 101 Å². The first-order valence-electron chi connectivity index (χ1n) is 10.9. The van der Waals surface area contributed by atoms with E-state index in [2.05, 4.69) is 31.3 Å². The van der Waals surface area contributed by atoms with Gasteiger partial charge in [-0.3, -0.25) is 0 Å². The molecule has 0 bridgehead atoms. The minimum absolute atomic E-state index is 0. The summed E-state index contributed by atoms with van der Waals surface area (Å²) in [6, 6.07) is 9.53. The first-order valence-corrected chi connectivity index (χ1v) is 13.2. The Morgan fingerprint density at radius 3 is 1.27 bits per heavy atom. The van der Waals surface area contributed by atoms with Crippen LogP contribution in [-0.4, -0.2) is 45.9 Å². The molecule has 0 fully saturated rings. The lowest BCUT2D eigenvalue weighted by Gasteiger charge is -2.09. The summed E-state index contributed by atoms with van der Waals surface area (Å²) < 4.78 is 16.0. The minimum atomic E-state index is 0. The predicted octanol–water partition coefficient (Wildman–Crippen LogP) is 7.99. The number of guanidine groups is 1. The maximum Gasteiger partial charge on any atom is 0.257 e. The molecule has 0 aromatic heterocycles. The van der Waals surface area contributed by atoms with Gasteiger partial charge in [-0.1, -0.05) is 69.6 Å². The van der Waals surface area contributed by atoms with Crippen LogP contribution in [0.1, 0.15) is 16.7 Å². The average molecular weight is 702 g/mol. The number of halogens is 7. The summed E-state index contributed by atoms with van der Waals surface area (Å²) in [5, 5.41) is 18.6. The van der Waals surface area contributed by atoms with Gasteiger partial charge in [0.2, 0.25) is 0 Å². The Balaban J connectivity index is 0.00000588. The van der Waals surface area contributed by atoms with Gasteiger partial charge in [-0.05, 0) is 36.4 Å². The van der Waals surface area contributed by atoms with Gasteiger partial charge in [-0.15, -0.1) is 17.5 Å². The number of rotatable bonds is 9. The highest BCUT2D eigenvalue weighted by Gasteiger charge is 2.10. The lowest BCUT2D eigenvalue weighted by Crippen LogP contribution is -2.30. The molecule has 218 valence electrons. The molecule has 41 heavy (non-hydrogen) atoms. The molecule has 3 aromatic carbocycles. The van der Waals surface area contributed by atoms with Crippen LogP contribution in [0.25, 0.3) is 0 Å². The van der Waals surface area contributed by atoms with E-state index in [-0.39, 0.29) is 18.4 Å². The van der Waals surface area contributed by atoms with Crippen LogP contribution in [0.5, 0.6) is 17.2 Å². The van der Waals surface area contributed by atoms with Crippen LogP contribution in [0.4, 0.5) is 0 Å². The number of nitrogens with one attached hydrogen (secondary N) is 2. The number of methoxy groups -OCH3 is 3. The van der Waals surface area contributed by atoms with Gasteiger partial charge in [-0.25, -0.2) is 10.9 Å². The lowest BCUT2D eigenvalue weighted by molar-refractivity contribution is 0.414. The van der Waals surface area contributed by atoms with Crippen molar-refractivity contribution in [3.8, 4) is 17.2 Å². The summed E-state index contributed by atoms with van der Waals surface area (Å²) in [7, 11) is 4.43. The van der Waals surface area contributed by atoms with E-state index in [1.165, 1.54) is 40.0 Å². The molecule has 0 atom stereocenters. The molecule has 9 nitrogen and oxygen atoms in total. The van der Waals surface area contributed by atoms with E-state index >= 15 is 0 Å². The Kier molecular flexibility index (Phi) is 14.1. The van der Waals surface area contributed by atoms with Gasteiger partial charge in [0.15, 0.2) is 0 Å². The third-order valence-corrected chi connectivity index (χ3v) is 6.32. The normalized spacial score (nSPS) is 11.0. The van der Waals surface area contributed by atoms with Crippen LogP contribution in [0, 0.1) is 0 Å². The van der Waals surface area contributed by atoms with Crippen molar-refractivity contribution in [3.05, 3.63) is 83.2 Å². The molecule has 0 radical (unpaired) electrons. The van der Waals surface area contributed by atoms with Crippen LogP contribution in [0.3, 0.4) is 0 Å². The second kappa shape index (κ2) is 16.7. The third-order valence-electron chi connectivity index (χ3n) is 4.83. The average Bonchev–Trinajstić information content (AvgIpc) is 2.88. The molecule has 0 saturated carbocycles. The smallest absolute Gasteiger partial charge is 0.257 e. The van der Waals surface area contributed by atoms with E-state index in [1.807, 2.05) is 0 Å². The van der Waals surface area contributed by atoms with E-state index in [1.54, 1.807) is 36.4 Å². The quantitative estimate of drug-likeness (QED) is 0.134. The summed E-state index contributed by atoms with van der Waals surface area (Å²) in [6.45, 7) is 0. The summed E-state index contributed by atoms with van der Waals surface area (Å²) in [6.07, 6.45) is 4.26. The molecular weight excluding hydrogens is 680 g/mol. The summed E-state index contributed by atoms with van der Waals surface area (Å²) in [5.41, 5.74) is 6.92. The number of ether oxygens (including phenoxy) is 3. The van der Waals surface area contributed by atoms with Crippen molar-refractivity contribution in [1.82, 2.24) is 10.9 Å². The Morgan fingerprint density at radius 1 is 0.585 bits per heavy atom. The van der Waals surface area contributed by atoms with E-state index in [9.17, 15) is 0 Å². The van der Waals surface area contributed by atoms with Crippen molar-refractivity contribution in [1.29, 1.82) is 0 Å². The zero-order chi connectivity index (χ0) is 29.2. The highest BCUT2D eigenvalue weighted by molar-refractivity contribution is 6.37. The van der Waals surface area contributed by atoms with Gasteiger partial charge < -0.3 is 14.2 Å². The first-order chi connectivity index (χ1) is 19.2. The van der Waals surface area contributed by atoms with Crippen molar-refractivity contribution < 1.29 is 14.2 Å². The fourth-order valence-corrected chi connectivity index (χ4v) is 4.98. The maximum atomic E-state index is 6.20. The maximum absolute atomic E-state index is 6.20. The Hall–Kier alpha value is -2.63. The van der Waals surface area contributed by atoms with Gasteiger partial charge in [0.05, 0.1) is 55.0 Å².